The number of rotatable bonds is 14. The molecule has 0 spiro atoms. The maximum absolute atomic E-state index is 15.5. The number of esters is 1. The number of hydrogen-bond acceptors (Lipinski definition) is 14. The number of pyridine rings is 1. The number of carbonyl (C=O) groups excluding carboxylic acids is 6. The zero-order chi connectivity index (χ0) is 55.1. The predicted octanol–water partition coefficient (Wildman–Crippen LogP) is 9.91. The van der Waals surface area contributed by atoms with E-state index < -0.39 is 47.1 Å². The molecular formula is C61H59FN8O8S. The number of halogens is 1. The van der Waals surface area contributed by atoms with E-state index in [1.807, 2.05) is 111 Å². The molecule has 1 atom stereocenters. The number of nitrogens with one attached hydrogen (secondary N) is 2. The van der Waals surface area contributed by atoms with Crippen molar-refractivity contribution < 1.29 is 42.6 Å². The largest absolute Gasteiger partial charge is 0.457 e. The number of aromatic nitrogens is 2. The third kappa shape index (κ3) is 11.1. The van der Waals surface area contributed by atoms with E-state index in [2.05, 4.69) is 43.6 Å². The lowest BCUT2D eigenvalue weighted by Crippen LogP contribution is -2.54. The van der Waals surface area contributed by atoms with Crippen LogP contribution in [0.4, 0.5) is 21.0 Å². The molecule has 4 aliphatic rings. The van der Waals surface area contributed by atoms with E-state index in [9.17, 15) is 28.8 Å². The zero-order valence-electron chi connectivity index (χ0n) is 44.4. The first-order valence-corrected chi connectivity index (χ1v) is 27.5. The second-order valence-corrected chi connectivity index (χ2v) is 22.4. The molecule has 2 aromatic heterocycles. The van der Waals surface area contributed by atoms with Gasteiger partial charge in [0.1, 0.15) is 34.8 Å². The molecule has 16 nitrogen and oxygen atoms in total. The lowest BCUT2D eigenvalue weighted by Gasteiger charge is -2.36. The maximum Gasteiger partial charge on any atom is 0.358 e. The summed E-state index contributed by atoms with van der Waals surface area (Å²) in [5.74, 6) is -2.04. The van der Waals surface area contributed by atoms with E-state index in [0.29, 0.717) is 79.3 Å². The Morgan fingerprint density at radius 1 is 0.785 bits per heavy atom. The first-order chi connectivity index (χ1) is 38.0. The predicted molar refractivity (Wildman–Crippen MR) is 300 cm³/mol. The normalized spacial score (nSPS) is 16.7. The number of hydrogen-bond donors (Lipinski definition) is 2. The fourth-order valence-corrected chi connectivity index (χ4v) is 11.7. The molecule has 79 heavy (non-hydrogen) atoms. The smallest absolute Gasteiger partial charge is 0.358 e. The summed E-state index contributed by atoms with van der Waals surface area (Å²) in [5.41, 5.74) is 6.40. The quantitative estimate of drug-likeness (QED) is 0.0597. The number of imide groups is 2. The molecule has 2 saturated heterocycles. The molecule has 5 aromatic carbocycles. The van der Waals surface area contributed by atoms with Gasteiger partial charge in [-0.1, -0.05) is 59.9 Å². The number of amides is 5. The zero-order valence-corrected chi connectivity index (χ0v) is 45.2. The highest BCUT2D eigenvalue weighted by atomic mass is 32.1. The minimum Gasteiger partial charge on any atom is -0.457 e. The van der Waals surface area contributed by atoms with Crippen LogP contribution in [-0.2, 0) is 33.7 Å². The van der Waals surface area contributed by atoms with Gasteiger partial charge in [-0.3, -0.25) is 44.4 Å². The fraction of sp³-hybridized carbons (Fsp3) is 0.311. The summed E-state index contributed by atoms with van der Waals surface area (Å²) in [4.78, 5) is 95.4. The van der Waals surface area contributed by atoms with Crippen molar-refractivity contribution in [1.82, 2.24) is 25.1 Å². The number of piperidine rings is 1. The summed E-state index contributed by atoms with van der Waals surface area (Å²) in [5, 5.41) is 5.74. The first kappa shape index (κ1) is 52.7. The van der Waals surface area contributed by atoms with Gasteiger partial charge < -0.3 is 19.3 Å². The van der Waals surface area contributed by atoms with Crippen LogP contribution < -0.4 is 25.2 Å². The van der Waals surface area contributed by atoms with E-state index >= 15 is 4.39 Å². The summed E-state index contributed by atoms with van der Waals surface area (Å²) < 4.78 is 29.0. The molecule has 18 heteroatoms. The van der Waals surface area contributed by atoms with E-state index in [0.717, 1.165) is 69.2 Å². The van der Waals surface area contributed by atoms with Crippen molar-refractivity contribution in [2.75, 3.05) is 54.4 Å². The Morgan fingerprint density at radius 2 is 1.54 bits per heavy atom. The molecule has 404 valence electrons. The van der Waals surface area contributed by atoms with Crippen LogP contribution in [0.1, 0.15) is 110 Å². The van der Waals surface area contributed by atoms with Crippen LogP contribution in [0.3, 0.4) is 0 Å². The molecule has 5 amide bonds. The van der Waals surface area contributed by atoms with E-state index in [-0.39, 0.29) is 41.3 Å². The van der Waals surface area contributed by atoms with Crippen molar-refractivity contribution in [3.8, 4) is 22.6 Å². The van der Waals surface area contributed by atoms with Crippen LogP contribution in [0.5, 0.6) is 11.5 Å². The Bertz CT molecular complexity index is 3560. The average molecular weight is 1080 g/mol. The van der Waals surface area contributed by atoms with Crippen molar-refractivity contribution in [2.24, 2.45) is 0 Å². The van der Waals surface area contributed by atoms with Gasteiger partial charge in [-0.15, -0.1) is 0 Å². The lowest BCUT2D eigenvalue weighted by atomic mass is 9.94. The minimum atomic E-state index is -1.11. The van der Waals surface area contributed by atoms with Gasteiger partial charge in [0.05, 0.1) is 27.0 Å². The maximum atomic E-state index is 15.5. The molecule has 4 aliphatic heterocycles. The van der Waals surface area contributed by atoms with Gasteiger partial charge >= 0.3 is 5.97 Å². The van der Waals surface area contributed by atoms with Crippen LogP contribution >= 0.6 is 11.3 Å². The number of piperazine rings is 1. The molecule has 0 saturated carbocycles. The number of thiazole rings is 1. The third-order valence-corrected chi connectivity index (χ3v) is 15.9. The Labute approximate surface area is 460 Å². The second-order valence-electron chi connectivity index (χ2n) is 21.4. The number of benzene rings is 5. The number of carbonyl (C=O) groups is 6. The topological polar surface area (TPSA) is 184 Å². The number of anilines is 3. The third-order valence-electron chi connectivity index (χ3n) is 15.0. The Morgan fingerprint density at radius 3 is 2.30 bits per heavy atom. The van der Waals surface area contributed by atoms with Crippen molar-refractivity contribution >= 4 is 73.7 Å². The molecule has 7 aromatic rings. The van der Waals surface area contributed by atoms with Crippen LogP contribution in [0.2, 0.25) is 0 Å². The van der Waals surface area contributed by atoms with Crippen molar-refractivity contribution in [3.63, 3.8) is 0 Å². The summed E-state index contributed by atoms with van der Waals surface area (Å²) in [6, 6.07) is 32.6. The van der Waals surface area contributed by atoms with E-state index in [4.69, 9.17) is 14.5 Å². The fourth-order valence-electron chi connectivity index (χ4n) is 10.9. The van der Waals surface area contributed by atoms with Crippen molar-refractivity contribution in [2.45, 2.75) is 84.4 Å². The number of aryl methyl sites for hydroxylation is 1. The number of fused-ring (bicyclic) bond motifs is 3. The Balaban J connectivity index is 0.702. The monoisotopic (exact) mass is 1080 g/mol. The molecule has 0 radical (unpaired) electrons. The van der Waals surface area contributed by atoms with Crippen molar-refractivity contribution in [1.29, 1.82) is 0 Å². The standard InChI is InChI=1S/C61H59FN8O8S/c1-36-40(41-22-24-52(64-54(41)59(76)78-61(2,3)4)69-28-26-38-12-9-14-42(45(38)35-69)55(72)66-60-63-47-15-5-6-17-51(47)79-60)13-10-16-50(36)77-39-20-18-37(19-21-39)11-7-8-27-67-29-31-68(32-30-67)49-34-44-43(33-46(49)62)57(74)70(58(44)75)48-23-25-53(71)65-56(48)73/h5-6,9-10,12-22,24,33-34,48H,7-8,11,23,25-32,35H2,1-4H3,(H,63,66,72)(H,65,71,73). The molecule has 6 heterocycles. The molecular weight excluding hydrogens is 1020 g/mol. The Kier molecular flexibility index (Phi) is 14.6. The van der Waals surface area contributed by atoms with Crippen LogP contribution in [0.15, 0.2) is 109 Å². The highest BCUT2D eigenvalue weighted by Gasteiger charge is 2.45. The average Bonchev–Trinajstić information content (AvgIpc) is 4.15. The van der Waals surface area contributed by atoms with Crippen LogP contribution in [-0.4, -0.2) is 106 Å². The van der Waals surface area contributed by atoms with Gasteiger partial charge in [-0.2, -0.15) is 0 Å². The SMILES string of the molecule is Cc1c(Oc2ccc(CCCCN3CCN(c4cc5c(cc4F)C(=O)N(C4CCC(=O)NC4=O)C5=O)CC3)cc2)cccc1-c1ccc(N2CCc3cccc(C(=O)Nc4nc5ccccc5s4)c3C2)nc1C(=O)OC(C)(C)C. The van der Waals surface area contributed by atoms with Gasteiger partial charge in [0.25, 0.3) is 17.7 Å². The summed E-state index contributed by atoms with van der Waals surface area (Å²) in [6.07, 6.45) is 3.52. The molecule has 2 fully saturated rings. The van der Waals surface area contributed by atoms with Gasteiger partial charge in [-0.05, 0) is 155 Å². The number of nitrogens with zero attached hydrogens (tertiary/aromatic N) is 6. The summed E-state index contributed by atoms with van der Waals surface area (Å²) >= 11 is 1.43. The van der Waals surface area contributed by atoms with E-state index in [1.54, 1.807) is 0 Å². The molecule has 11 rings (SSSR count). The van der Waals surface area contributed by atoms with E-state index in [1.165, 1.54) is 23.0 Å². The highest BCUT2D eigenvalue weighted by Crippen LogP contribution is 2.38. The van der Waals surface area contributed by atoms with Crippen LogP contribution in [0, 0.1) is 12.7 Å². The van der Waals surface area contributed by atoms with Gasteiger partial charge in [-0.25, -0.2) is 19.2 Å². The molecule has 0 bridgehead atoms. The lowest BCUT2D eigenvalue weighted by molar-refractivity contribution is -0.136. The van der Waals surface area contributed by atoms with Gasteiger partial charge in [0.2, 0.25) is 11.8 Å². The summed E-state index contributed by atoms with van der Waals surface area (Å²) in [6.45, 7) is 11.9. The van der Waals surface area contributed by atoms with Crippen LogP contribution in [0.25, 0.3) is 21.3 Å². The number of ether oxygens (including phenoxy) is 2. The van der Waals surface area contributed by atoms with Gasteiger partial charge in [0, 0.05) is 56.8 Å². The minimum absolute atomic E-state index is 0.00675. The number of para-hydroxylation sites is 1. The highest BCUT2D eigenvalue weighted by molar-refractivity contribution is 7.22. The Hall–Kier alpha value is -8.35. The molecule has 1 unspecified atom stereocenters. The van der Waals surface area contributed by atoms with Gasteiger partial charge in [0.15, 0.2) is 10.8 Å². The first-order valence-electron chi connectivity index (χ1n) is 26.7. The molecule has 2 N–H and O–H groups in total. The summed E-state index contributed by atoms with van der Waals surface area (Å²) in [7, 11) is 0. The molecule has 0 aliphatic carbocycles. The second kappa shape index (κ2) is 21.8. The van der Waals surface area contributed by atoms with Crippen molar-refractivity contribution in [3.05, 3.63) is 160 Å². The number of unbranched alkanes of at least 4 members (excludes halogenated alkanes) is 1.